The van der Waals surface area contributed by atoms with E-state index >= 15 is 0 Å². The molecule has 2 fully saturated rings. The van der Waals surface area contributed by atoms with Crippen molar-refractivity contribution >= 4 is 11.8 Å². The van der Waals surface area contributed by atoms with E-state index in [1.165, 1.54) is 12.8 Å². The van der Waals surface area contributed by atoms with Crippen molar-refractivity contribution in [2.45, 2.75) is 70.4 Å². The van der Waals surface area contributed by atoms with Crippen molar-refractivity contribution in [3.63, 3.8) is 0 Å². The fraction of sp³-hybridized carbons (Fsp3) is 0.650. The first kappa shape index (κ1) is 18.7. The lowest BCUT2D eigenvalue weighted by atomic mass is 10.1. The summed E-state index contributed by atoms with van der Waals surface area (Å²) in [7, 11) is 0. The fourth-order valence-electron chi connectivity index (χ4n) is 3.72. The molecule has 0 unspecified atom stereocenters. The van der Waals surface area contributed by atoms with Crippen molar-refractivity contribution < 1.29 is 14.3 Å². The third-order valence-electron chi connectivity index (χ3n) is 5.26. The predicted octanol–water partition coefficient (Wildman–Crippen LogP) is 2.72. The number of pyridine rings is 1. The maximum Gasteiger partial charge on any atom is 0.223 e. The van der Waals surface area contributed by atoms with Crippen LogP contribution < -0.4 is 15.4 Å². The van der Waals surface area contributed by atoms with E-state index in [0.29, 0.717) is 25.4 Å². The van der Waals surface area contributed by atoms with Gasteiger partial charge in [-0.3, -0.25) is 9.59 Å². The first-order chi connectivity index (χ1) is 12.7. The molecule has 1 heterocycles. The topological polar surface area (TPSA) is 80.3 Å². The Labute approximate surface area is 155 Å². The van der Waals surface area contributed by atoms with Crippen LogP contribution in [-0.4, -0.2) is 29.4 Å². The summed E-state index contributed by atoms with van der Waals surface area (Å²) in [6, 6.07) is 3.77. The Morgan fingerprint density at radius 2 is 1.81 bits per heavy atom. The molecule has 0 bridgehead atoms. The Hall–Kier alpha value is -2.11. The highest BCUT2D eigenvalue weighted by Crippen LogP contribution is 2.24. The van der Waals surface area contributed by atoms with Crippen LogP contribution in [-0.2, 0) is 16.1 Å². The van der Waals surface area contributed by atoms with E-state index in [1.807, 2.05) is 12.1 Å². The van der Waals surface area contributed by atoms with Gasteiger partial charge in [0.1, 0.15) is 6.10 Å². The third-order valence-corrected chi connectivity index (χ3v) is 5.26. The monoisotopic (exact) mass is 359 g/mol. The number of ether oxygens (including phenoxy) is 1. The molecular formula is C20H29N3O3. The molecular weight excluding hydrogens is 330 g/mol. The maximum atomic E-state index is 12.0. The second kappa shape index (κ2) is 9.55. The Kier molecular flexibility index (Phi) is 6.86. The van der Waals surface area contributed by atoms with E-state index in [4.69, 9.17) is 4.74 Å². The lowest BCUT2D eigenvalue weighted by molar-refractivity contribution is -0.125. The van der Waals surface area contributed by atoms with Crippen molar-refractivity contribution in [1.82, 2.24) is 15.6 Å². The number of hydrogen-bond acceptors (Lipinski definition) is 4. The highest BCUT2D eigenvalue weighted by Gasteiger charge is 2.22. The largest absolute Gasteiger partial charge is 0.474 e. The van der Waals surface area contributed by atoms with Gasteiger partial charge in [-0.1, -0.05) is 12.8 Å². The van der Waals surface area contributed by atoms with E-state index in [2.05, 4.69) is 15.6 Å². The molecule has 0 atom stereocenters. The Morgan fingerprint density at radius 3 is 2.58 bits per heavy atom. The van der Waals surface area contributed by atoms with Gasteiger partial charge in [0.2, 0.25) is 17.7 Å². The van der Waals surface area contributed by atoms with E-state index in [9.17, 15) is 9.59 Å². The summed E-state index contributed by atoms with van der Waals surface area (Å²) in [5.41, 5.74) is 0.969. The van der Waals surface area contributed by atoms with Crippen LogP contribution in [0.5, 0.6) is 5.88 Å². The summed E-state index contributed by atoms with van der Waals surface area (Å²) in [6.45, 7) is 0.840. The van der Waals surface area contributed by atoms with Crippen LogP contribution in [0.3, 0.4) is 0 Å². The first-order valence-corrected chi connectivity index (χ1v) is 9.87. The summed E-state index contributed by atoms with van der Waals surface area (Å²) in [5, 5.41) is 5.76. The van der Waals surface area contributed by atoms with Crippen LogP contribution in [0.4, 0.5) is 0 Å². The standard InChI is InChI=1S/C20H29N3O3/c24-18(10-12-22-20(25)16-5-1-2-6-16)23-14-15-9-11-21-19(13-15)26-17-7-3-4-8-17/h9,11,13,16-17H,1-8,10,12,14H2,(H,22,25)(H,23,24). The molecule has 2 aliphatic rings. The first-order valence-electron chi connectivity index (χ1n) is 9.87. The van der Waals surface area contributed by atoms with E-state index in [0.717, 1.165) is 44.1 Å². The maximum absolute atomic E-state index is 12.0. The number of nitrogens with zero attached hydrogens (tertiary/aromatic N) is 1. The number of amides is 2. The van der Waals surface area contributed by atoms with Gasteiger partial charge in [-0.15, -0.1) is 0 Å². The number of carbonyl (C=O) groups excluding carboxylic acids is 2. The number of hydrogen-bond donors (Lipinski definition) is 2. The van der Waals surface area contributed by atoms with Gasteiger partial charge < -0.3 is 15.4 Å². The van der Waals surface area contributed by atoms with Crippen molar-refractivity contribution in [3.8, 4) is 5.88 Å². The van der Waals surface area contributed by atoms with Gasteiger partial charge in [0.15, 0.2) is 0 Å². The van der Waals surface area contributed by atoms with Crippen LogP contribution >= 0.6 is 0 Å². The number of rotatable bonds is 8. The van der Waals surface area contributed by atoms with Gasteiger partial charge in [0.25, 0.3) is 0 Å². The zero-order valence-corrected chi connectivity index (χ0v) is 15.3. The summed E-state index contributed by atoms with van der Waals surface area (Å²) in [5.74, 6) is 0.811. The number of carbonyl (C=O) groups is 2. The number of aromatic nitrogens is 1. The molecule has 6 nitrogen and oxygen atoms in total. The fourth-order valence-corrected chi connectivity index (χ4v) is 3.72. The average molecular weight is 359 g/mol. The lowest BCUT2D eigenvalue weighted by Gasteiger charge is -2.13. The summed E-state index contributed by atoms with van der Waals surface area (Å²) in [6.07, 6.45) is 11.1. The summed E-state index contributed by atoms with van der Waals surface area (Å²) < 4.78 is 5.89. The second-order valence-electron chi connectivity index (χ2n) is 7.33. The Bertz CT molecular complexity index is 608. The van der Waals surface area contributed by atoms with Gasteiger partial charge in [-0.25, -0.2) is 4.98 Å². The zero-order chi connectivity index (χ0) is 18.2. The second-order valence-corrected chi connectivity index (χ2v) is 7.33. The predicted molar refractivity (Wildman–Crippen MR) is 98.6 cm³/mol. The summed E-state index contributed by atoms with van der Waals surface area (Å²) >= 11 is 0. The van der Waals surface area contributed by atoms with Gasteiger partial charge in [0.05, 0.1) is 0 Å². The minimum absolute atomic E-state index is 0.0632. The smallest absolute Gasteiger partial charge is 0.223 e. The molecule has 2 amide bonds. The van der Waals surface area contributed by atoms with Crippen LogP contribution in [0.25, 0.3) is 0 Å². The highest BCUT2D eigenvalue weighted by molar-refractivity contribution is 5.80. The Morgan fingerprint density at radius 1 is 1.08 bits per heavy atom. The molecule has 6 heteroatoms. The molecule has 2 saturated carbocycles. The van der Waals surface area contributed by atoms with Crippen LogP contribution in [0.15, 0.2) is 18.3 Å². The SMILES string of the molecule is O=C(CCNC(=O)C1CCCC1)NCc1ccnc(OC2CCCC2)c1. The Balaban J connectivity index is 1.35. The minimum atomic E-state index is -0.0632. The zero-order valence-electron chi connectivity index (χ0n) is 15.3. The molecule has 26 heavy (non-hydrogen) atoms. The van der Waals surface area contributed by atoms with Crippen molar-refractivity contribution in [2.75, 3.05) is 6.54 Å². The molecule has 2 N–H and O–H groups in total. The van der Waals surface area contributed by atoms with Gasteiger partial charge in [0, 0.05) is 37.7 Å². The van der Waals surface area contributed by atoms with E-state index in [1.54, 1.807) is 6.20 Å². The molecule has 0 aliphatic heterocycles. The molecule has 1 aromatic heterocycles. The van der Waals surface area contributed by atoms with Crippen molar-refractivity contribution in [2.24, 2.45) is 5.92 Å². The van der Waals surface area contributed by atoms with Crippen LogP contribution in [0, 0.1) is 5.92 Å². The molecule has 0 saturated heterocycles. The van der Waals surface area contributed by atoms with Crippen molar-refractivity contribution in [3.05, 3.63) is 23.9 Å². The van der Waals surface area contributed by atoms with Crippen molar-refractivity contribution in [1.29, 1.82) is 0 Å². The van der Waals surface area contributed by atoms with Gasteiger partial charge >= 0.3 is 0 Å². The minimum Gasteiger partial charge on any atom is -0.474 e. The molecule has 0 spiro atoms. The lowest BCUT2D eigenvalue weighted by Crippen LogP contribution is -2.33. The number of nitrogens with one attached hydrogen (secondary N) is 2. The van der Waals surface area contributed by atoms with Gasteiger partial charge in [-0.2, -0.15) is 0 Å². The van der Waals surface area contributed by atoms with E-state index < -0.39 is 0 Å². The molecule has 0 radical (unpaired) electrons. The molecule has 3 rings (SSSR count). The highest BCUT2D eigenvalue weighted by atomic mass is 16.5. The molecule has 0 aromatic carbocycles. The quantitative estimate of drug-likeness (QED) is 0.748. The van der Waals surface area contributed by atoms with Crippen LogP contribution in [0.1, 0.15) is 63.4 Å². The van der Waals surface area contributed by atoms with Crippen LogP contribution in [0.2, 0.25) is 0 Å². The molecule has 142 valence electrons. The molecule has 2 aliphatic carbocycles. The summed E-state index contributed by atoms with van der Waals surface area (Å²) in [4.78, 5) is 28.1. The third kappa shape index (κ3) is 5.71. The molecule has 1 aromatic rings. The van der Waals surface area contributed by atoms with E-state index in [-0.39, 0.29) is 23.8 Å². The average Bonchev–Trinajstić information content (AvgIpc) is 3.34. The van der Waals surface area contributed by atoms with Gasteiger partial charge in [-0.05, 0) is 50.2 Å². The normalized spacial score (nSPS) is 18.0.